The minimum Gasteiger partial charge on any atom is -0.493 e. The normalized spacial score (nSPS) is 15.4. The van der Waals surface area contributed by atoms with Crippen LogP contribution in [0.2, 0.25) is 0 Å². The molecule has 0 aliphatic carbocycles. The second kappa shape index (κ2) is 7.83. The van der Waals surface area contributed by atoms with Crippen LogP contribution in [0.25, 0.3) is 0 Å². The van der Waals surface area contributed by atoms with Gasteiger partial charge in [0, 0.05) is 35.9 Å². The van der Waals surface area contributed by atoms with Gasteiger partial charge in [0.15, 0.2) is 11.5 Å². The monoisotopic (exact) mass is 394 g/mol. The fourth-order valence-electron chi connectivity index (χ4n) is 3.72. The van der Waals surface area contributed by atoms with Crippen molar-refractivity contribution in [3.8, 4) is 17.2 Å². The molecule has 2 aromatic heterocycles. The highest BCUT2D eigenvalue weighted by molar-refractivity contribution is 5.94. The number of carbonyl (C=O) groups is 1. The van der Waals surface area contributed by atoms with Crippen LogP contribution in [0.5, 0.6) is 17.2 Å². The van der Waals surface area contributed by atoms with Crippen LogP contribution >= 0.6 is 0 Å². The number of nitrogens with zero attached hydrogens (tertiary/aromatic N) is 3. The van der Waals surface area contributed by atoms with E-state index in [1.165, 1.54) is 0 Å². The van der Waals surface area contributed by atoms with Gasteiger partial charge in [0.05, 0.1) is 34.1 Å². The number of anilines is 1. The Morgan fingerprint density at radius 1 is 1.10 bits per heavy atom. The summed E-state index contributed by atoms with van der Waals surface area (Å²) in [7, 11) is 4.73. The van der Waals surface area contributed by atoms with E-state index in [1.54, 1.807) is 44.6 Å². The van der Waals surface area contributed by atoms with E-state index >= 15 is 0 Å². The third-order valence-electron chi connectivity index (χ3n) is 5.08. The Balaban J connectivity index is 1.73. The summed E-state index contributed by atoms with van der Waals surface area (Å²) in [5.41, 5.74) is 2.82. The van der Waals surface area contributed by atoms with Gasteiger partial charge in [0.25, 0.3) is 0 Å². The van der Waals surface area contributed by atoms with Crippen molar-refractivity contribution in [3.05, 3.63) is 59.5 Å². The van der Waals surface area contributed by atoms with E-state index in [1.807, 2.05) is 24.3 Å². The number of hydrogen-bond acceptors (Lipinski definition) is 6. The molecule has 1 aliphatic heterocycles. The summed E-state index contributed by atoms with van der Waals surface area (Å²) >= 11 is 0. The Morgan fingerprint density at radius 2 is 1.93 bits per heavy atom. The van der Waals surface area contributed by atoms with Crippen LogP contribution < -0.4 is 19.5 Å². The van der Waals surface area contributed by atoms with E-state index < -0.39 is 0 Å². The van der Waals surface area contributed by atoms with E-state index in [0.717, 1.165) is 16.7 Å². The molecule has 1 N–H and O–H groups in total. The number of hydrogen-bond donors (Lipinski definition) is 1. The lowest BCUT2D eigenvalue weighted by atomic mass is 9.88. The third-order valence-corrected chi connectivity index (χ3v) is 5.08. The molecular formula is C21H22N4O4. The predicted molar refractivity (Wildman–Crippen MR) is 107 cm³/mol. The van der Waals surface area contributed by atoms with Gasteiger partial charge in [-0.25, -0.2) is 4.68 Å². The average Bonchev–Trinajstić information content (AvgIpc) is 3.15. The molecule has 1 aromatic carbocycles. The van der Waals surface area contributed by atoms with Gasteiger partial charge in [-0.3, -0.25) is 9.78 Å². The maximum Gasteiger partial charge on any atom is 0.226 e. The Hall–Kier alpha value is -3.55. The van der Waals surface area contributed by atoms with Crippen molar-refractivity contribution in [2.75, 3.05) is 26.6 Å². The number of aromatic nitrogens is 3. The van der Waals surface area contributed by atoms with Gasteiger partial charge in [0.2, 0.25) is 11.7 Å². The van der Waals surface area contributed by atoms with Gasteiger partial charge in [0.1, 0.15) is 5.82 Å². The van der Waals surface area contributed by atoms with E-state index in [0.29, 0.717) is 36.0 Å². The minimum atomic E-state index is -0.0755. The van der Waals surface area contributed by atoms with Crippen molar-refractivity contribution in [3.63, 3.8) is 0 Å². The van der Waals surface area contributed by atoms with E-state index in [-0.39, 0.29) is 11.8 Å². The predicted octanol–water partition coefficient (Wildman–Crippen LogP) is 2.83. The lowest BCUT2D eigenvalue weighted by molar-refractivity contribution is -0.116. The number of ether oxygens (including phenoxy) is 3. The van der Waals surface area contributed by atoms with Crippen molar-refractivity contribution in [2.45, 2.75) is 18.9 Å². The second-order valence-corrected chi connectivity index (χ2v) is 6.69. The molecule has 3 heterocycles. The molecule has 150 valence electrons. The fourth-order valence-corrected chi connectivity index (χ4v) is 3.72. The summed E-state index contributed by atoms with van der Waals surface area (Å²) in [4.78, 5) is 16.6. The molecule has 3 aromatic rings. The van der Waals surface area contributed by atoms with Gasteiger partial charge >= 0.3 is 0 Å². The first-order valence-corrected chi connectivity index (χ1v) is 9.19. The average molecular weight is 394 g/mol. The highest BCUT2D eigenvalue weighted by Crippen LogP contribution is 2.41. The van der Waals surface area contributed by atoms with Crippen LogP contribution in [0.4, 0.5) is 5.82 Å². The van der Waals surface area contributed by atoms with Crippen LogP contribution in [-0.4, -0.2) is 42.0 Å². The number of benzene rings is 1. The number of pyridine rings is 1. The first-order valence-electron chi connectivity index (χ1n) is 9.19. The smallest absolute Gasteiger partial charge is 0.226 e. The van der Waals surface area contributed by atoms with Gasteiger partial charge in [-0.15, -0.1) is 0 Å². The molecule has 1 amide bonds. The van der Waals surface area contributed by atoms with Crippen LogP contribution in [0.15, 0.2) is 42.9 Å². The number of fused-ring (bicyclic) bond motifs is 1. The van der Waals surface area contributed by atoms with Crippen LogP contribution in [0.3, 0.4) is 0 Å². The van der Waals surface area contributed by atoms with E-state index in [4.69, 9.17) is 14.2 Å². The molecule has 1 atom stereocenters. The molecule has 8 heteroatoms. The molecule has 1 unspecified atom stereocenters. The second-order valence-electron chi connectivity index (χ2n) is 6.69. The van der Waals surface area contributed by atoms with Gasteiger partial charge in [-0.2, -0.15) is 5.10 Å². The summed E-state index contributed by atoms with van der Waals surface area (Å²) in [5, 5.41) is 7.49. The zero-order chi connectivity index (χ0) is 20.4. The zero-order valence-corrected chi connectivity index (χ0v) is 16.5. The van der Waals surface area contributed by atoms with Crippen molar-refractivity contribution in [1.82, 2.24) is 14.8 Å². The van der Waals surface area contributed by atoms with E-state index in [9.17, 15) is 4.79 Å². The molecule has 4 rings (SSSR count). The third kappa shape index (κ3) is 3.37. The van der Waals surface area contributed by atoms with Crippen molar-refractivity contribution < 1.29 is 19.0 Å². The highest BCUT2D eigenvalue weighted by Gasteiger charge is 2.30. The molecule has 0 saturated heterocycles. The molecule has 0 radical (unpaired) electrons. The molecule has 0 fully saturated rings. The summed E-state index contributed by atoms with van der Waals surface area (Å²) < 4.78 is 18.1. The zero-order valence-electron chi connectivity index (χ0n) is 16.5. The van der Waals surface area contributed by atoms with Crippen LogP contribution in [0, 0.1) is 0 Å². The number of carbonyl (C=O) groups excluding carboxylic acids is 1. The maximum absolute atomic E-state index is 12.4. The van der Waals surface area contributed by atoms with E-state index in [2.05, 4.69) is 15.4 Å². The molecule has 0 spiro atoms. The minimum absolute atomic E-state index is 0.0487. The summed E-state index contributed by atoms with van der Waals surface area (Å²) in [5.74, 6) is 2.24. The molecule has 0 bridgehead atoms. The first kappa shape index (κ1) is 18.8. The Bertz CT molecular complexity index is 1030. The summed E-state index contributed by atoms with van der Waals surface area (Å²) in [6.07, 6.45) is 5.69. The number of methoxy groups -OCH3 is 3. The summed E-state index contributed by atoms with van der Waals surface area (Å²) in [6, 6.07) is 7.58. The first-order chi connectivity index (χ1) is 14.2. The van der Waals surface area contributed by atoms with Crippen molar-refractivity contribution >= 4 is 11.7 Å². The standard InChI is InChI=1S/C21H22N4O4/c1-27-17-7-6-14(19(28-2)20(17)29-3)12-25-21-16(11-23-25)15(9-18(26)24-21)13-5-4-8-22-10-13/h4-8,10-11,15H,9,12H2,1-3H3,(H,24,26). The molecular weight excluding hydrogens is 372 g/mol. The quantitative estimate of drug-likeness (QED) is 0.692. The van der Waals surface area contributed by atoms with Gasteiger partial charge < -0.3 is 19.5 Å². The van der Waals surface area contributed by atoms with Gasteiger partial charge in [-0.05, 0) is 23.8 Å². The van der Waals surface area contributed by atoms with Crippen molar-refractivity contribution in [2.24, 2.45) is 0 Å². The van der Waals surface area contributed by atoms with Crippen LogP contribution in [0.1, 0.15) is 29.0 Å². The number of rotatable bonds is 6. The topological polar surface area (TPSA) is 87.5 Å². The summed E-state index contributed by atoms with van der Waals surface area (Å²) in [6.45, 7) is 0.402. The Morgan fingerprint density at radius 3 is 2.62 bits per heavy atom. The number of amides is 1. The molecule has 1 aliphatic rings. The Kier molecular flexibility index (Phi) is 5.07. The molecule has 8 nitrogen and oxygen atoms in total. The number of nitrogens with one attached hydrogen (secondary N) is 1. The lowest BCUT2D eigenvalue weighted by Gasteiger charge is -2.24. The Labute approximate surface area is 168 Å². The molecule has 29 heavy (non-hydrogen) atoms. The van der Waals surface area contributed by atoms with Gasteiger partial charge in [-0.1, -0.05) is 6.07 Å². The van der Waals surface area contributed by atoms with Crippen LogP contribution in [-0.2, 0) is 11.3 Å². The largest absolute Gasteiger partial charge is 0.493 e. The maximum atomic E-state index is 12.4. The van der Waals surface area contributed by atoms with Crippen molar-refractivity contribution in [1.29, 1.82) is 0 Å². The molecule has 0 saturated carbocycles. The fraction of sp³-hybridized carbons (Fsp3) is 0.286. The SMILES string of the molecule is COc1ccc(Cn2ncc3c2NC(=O)CC3c2cccnc2)c(OC)c1OC. The lowest BCUT2D eigenvalue weighted by Crippen LogP contribution is -2.25. The highest BCUT2D eigenvalue weighted by atomic mass is 16.5.